The average Bonchev–Trinajstić information content (AvgIpc) is 2.98. The summed E-state index contributed by atoms with van der Waals surface area (Å²) in [5, 5.41) is 11.5. The molecule has 0 unspecified atom stereocenters. The van der Waals surface area contributed by atoms with Crippen molar-refractivity contribution in [1.29, 1.82) is 0 Å². The summed E-state index contributed by atoms with van der Waals surface area (Å²) in [5.41, 5.74) is 1.13. The van der Waals surface area contributed by atoms with Crippen LogP contribution in [0.3, 0.4) is 0 Å². The standard InChI is InChI=1S/C21H25FN4O3/c1-3-23(4-2)12-5-13-24-21(27)19-14-18(26(28)29)10-11-20(19)25(24)15-16-6-8-17(22)9-7-16/h6-11,14H,3-5,12-13,15H2,1-2H3. The highest BCUT2D eigenvalue weighted by molar-refractivity contribution is 5.81. The summed E-state index contributed by atoms with van der Waals surface area (Å²) in [6.07, 6.45) is 0.781. The molecule has 1 aromatic heterocycles. The van der Waals surface area contributed by atoms with E-state index in [2.05, 4.69) is 18.7 Å². The number of hydrogen-bond donors (Lipinski definition) is 0. The third-order valence-corrected chi connectivity index (χ3v) is 5.21. The lowest BCUT2D eigenvalue weighted by molar-refractivity contribution is -0.384. The minimum absolute atomic E-state index is 0.108. The minimum Gasteiger partial charge on any atom is -0.304 e. The van der Waals surface area contributed by atoms with Gasteiger partial charge in [-0.05, 0) is 49.8 Å². The van der Waals surface area contributed by atoms with Crippen molar-refractivity contribution in [2.45, 2.75) is 33.4 Å². The number of fused-ring (bicyclic) bond motifs is 1. The van der Waals surface area contributed by atoms with Gasteiger partial charge in [-0.15, -0.1) is 0 Å². The monoisotopic (exact) mass is 400 g/mol. The minimum atomic E-state index is -0.499. The molecule has 0 bridgehead atoms. The molecule has 0 spiro atoms. The Morgan fingerprint density at radius 2 is 1.76 bits per heavy atom. The molecule has 154 valence electrons. The summed E-state index contributed by atoms with van der Waals surface area (Å²) in [7, 11) is 0. The fourth-order valence-corrected chi connectivity index (χ4v) is 3.55. The number of nitro groups is 1. The molecule has 1 heterocycles. The smallest absolute Gasteiger partial charge is 0.274 e. The van der Waals surface area contributed by atoms with Crippen LogP contribution >= 0.6 is 0 Å². The van der Waals surface area contributed by atoms with Gasteiger partial charge < -0.3 is 4.90 Å². The molecular formula is C21H25FN4O3. The predicted octanol–water partition coefficient (Wildman–Crippen LogP) is 3.63. The third-order valence-electron chi connectivity index (χ3n) is 5.21. The number of non-ortho nitro benzene ring substituents is 1. The molecule has 29 heavy (non-hydrogen) atoms. The first-order chi connectivity index (χ1) is 13.9. The van der Waals surface area contributed by atoms with Crippen molar-refractivity contribution in [2.24, 2.45) is 0 Å². The molecule has 7 nitrogen and oxygen atoms in total. The molecule has 8 heteroatoms. The second kappa shape index (κ2) is 9.00. The molecule has 0 radical (unpaired) electrons. The van der Waals surface area contributed by atoms with Crippen LogP contribution in [0, 0.1) is 15.9 Å². The highest BCUT2D eigenvalue weighted by Crippen LogP contribution is 2.20. The van der Waals surface area contributed by atoms with Crippen LogP contribution < -0.4 is 5.56 Å². The van der Waals surface area contributed by atoms with Gasteiger partial charge in [-0.2, -0.15) is 0 Å². The number of nitro benzene ring substituents is 1. The van der Waals surface area contributed by atoms with E-state index in [1.807, 2.05) is 4.68 Å². The van der Waals surface area contributed by atoms with Crippen LogP contribution in [0.15, 0.2) is 47.3 Å². The van der Waals surface area contributed by atoms with E-state index in [9.17, 15) is 19.3 Å². The van der Waals surface area contributed by atoms with E-state index in [4.69, 9.17) is 0 Å². The van der Waals surface area contributed by atoms with Crippen LogP contribution in [-0.4, -0.2) is 38.8 Å². The molecule has 0 fully saturated rings. The molecule has 0 aliphatic heterocycles. The van der Waals surface area contributed by atoms with Gasteiger partial charge in [-0.25, -0.2) is 9.07 Å². The first-order valence-corrected chi connectivity index (χ1v) is 9.79. The molecule has 0 N–H and O–H groups in total. The lowest BCUT2D eigenvalue weighted by Crippen LogP contribution is -2.28. The Kier molecular flexibility index (Phi) is 6.43. The summed E-state index contributed by atoms with van der Waals surface area (Å²) in [6, 6.07) is 10.5. The van der Waals surface area contributed by atoms with E-state index in [1.54, 1.807) is 22.9 Å². The Bertz CT molecular complexity index is 1050. The van der Waals surface area contributed by atoms with Gasteiger partial charge in [-0.1, -0.05) is 26.0 Å². The summed E-state index contributed by atoms with van der Waals surface area (Å²) in [5.74, 6) is -0.321. The summed E-state index contributed by atoms with van der Waals surface area (Å²) >= 11 is 0. The normalized spacial score (nSPS) is 11.4. The van der Waals surface area contributed by atoms with Crippen molar-refractivity contribution in [2.75, 3.05) is 19.6 Å². The van der Waals surface area contributed by atoms with Crippen LogP contribution in [-0.2, 0) is 13.1 Å². The Morgan fingerprint density at radius 1 is 1.07 bits per heavy atom. The van der Waals surface area contributed by atoms with E-state index < -0.39 is 4.92 Å². The largest absolute Gasteiger partial charge is 0.304 e. The fourth-order valence-electron chi connectivity index (χ4n) is 3.55. The first kappa shape index (κ1) is 20.7. The van der Waals surface area contributed by atoms with Gasteiger partial charge >= 0.3 is 0 Å². The number of halogens is 1. The number of benzene rings is 2. The number of nitrogens with zero attached hydrogens (tertiary/aromatic N) is 4. The van der Waals surface area contributed by atoms with E-state index in [0.717, 1.165) is 31.6 Å². The lowest BCUT2D eigenvalue weighted by Gasteiger charge is -2.19. The molecule has 2 aromatic carbocycles. The van der Waals surface area contributed by atoms with Gasteiger partial charge in [-0.3, -0.25) is 19.6 Å². The van der Waals surface area contributed by atoms with Crippen molar-refractivity contribution in [3.8, 4) is 0 Å². The molecule has 0 saturated heterocycles. The van der Waals surface area contributed by atoms with Crippen LogP contribution in [0.4, 0.5) is 10.1 Å². The zero-order valence-corrected chi connectivity index (χ0v) is 16.7. The maximum atomic E-state index is 13.3. The van der Waals surface area contributed by atoms with Crippen LogP contribution in [0.1, 0.15) is 25.8 Å². The maximum absolute atomic E-state index is 13.3. The van der Waals surface area contributed by atoms with Crippen LogP contribution in [0.2, 0.25) is 0 Å². The highest BCUT2D eigenvalue weighted by Gasteiger charge is 2.17. The maximum Gasteiger partial charge on any atom is 0.274 e. The van der Waals surface area contributed by atoms with Crippen LogP contribution in [0.25, 0.3) is 10.9 Å². The Labute approximate surface area is 168 Å². The SMILES string of the molecule is CCN(CC)CCCn1c(=O)c2cc([N+](=O)[O-])ccc2n1Cc1ccc(F)cc1. The molecule has 3 aromatic rings. The van der Waals surface area contributed by atoms with Gasteiger partial charge in [0.25, 0.3) is 11.2 Å². The van der Waals surface area contributed by atoms with Crippen molar-refractivity contribution < 1.29 is 9.31 Å². The predicted molar refractivity (Wildman–Crippen MR) is 111 cm³/mol. The molecule has 0 aliphatic carbocycles. The second-order valence-electron chi connectivity index (χ2n) is 6.95. The van der Waals surface area contributed by atoms with Gasteiger partial charge in [0.2, 0.25) is 0 Å². The number of aromatic nitrogens is 2. The van der Waals surface area contributed by atoms with Crippen molar-refractivity contribution in [3.05, 3.63) is 74.3 Å². The Balaban J connectivity index is 2.01. The van der Waals surface area contributed by atoms with E-state index in [0.29, 0.717) is 24.0 Å². The number of rotatable bonds is 9. The summed E-state index contributed by atoms with van der Waals surface area (Å²) in [4.78, 5) is 25.9. The van der Waals surface area contributed by atoms with Crippen molar-refractivity contribution >= 4 is 16.6 Å². The van der Waals surface area contributed by atoms with Crippen LogP contribution in [0.5, 0.6) is 0 Å². The van der Waals surface area contributed by atoms with Gasteiger partial charge in [0.05, 0.1) is 22.4 Å². The molecule has 0 amide bonds. The zero-order valence-electron chi connectivity index (χ0n) is 16.7. The third kappa shape index (κ3) is 4.54. The van der Waals surface area contributed by atoms with Gasteiger partial charge in [0, 0.05) is 18.7 Å². The summed E-state index contributed by atoms with van der Waals surface area (Å²) in [6.45, 7) is 7.81. The average molecular weight is 400 g/mol. The van der Waals surface area contributed by atoms with Gasteiger partial charge in [0.1, 0.15) is 5.82 Å². The fraction of sp³-hybridized carbons (Fsp3) is 0.381. The quantitative estimate of drug-likeness (QED) is 0.406. The zero-order chi connectivity index (χ0) is 21.0. The van der Waals surface area contributed by atoms with E-state index in [1.165, 1.54) is 24.3 Å². The highest BCUT2D eigenvalue weighted by atomic mass is 19.1. The topological polar surface area (TPSA) is 73.3 Å². The van der Waals surface area contributed by atoms with E-state index in [-0.39, 0.29) is 17.1 Å². The summed E-state index contributed by atoms with van der Waals surface area (Å²) < 4.78 is 16.7. The molecule has 0 saturated carbocycles. The lowest BCUT2D eigenvalue weighted by atomic mass is 10.2. The van der Waals surface area contributed by atoms with Gasteiger partial charge in [0.15, 0.2) is 0 Å². The molecule has 0 aliphatic rings. The van der Waals surface area contributed by atoms with E-state index >= 15 is 0 Å². The number of hydrogen-bond acceptors (Lipinski definition) is 4. The van der Waals surface area contributed by atoms with Crippen molar-refractivity contribution in [3.63, 3.8) is 0 Å². The molecule has 3 rings (SSSR count). The Hall–Kier alpha value is -3.00. The first-order valence-electron chi connectivity index (χ1n) is 9.79. The second-order valence-corrected chi connectivity index (χ2v) is 6.95. The molecular weight excluding hydrogens is 375 g/mol. The Morgan fingerprint density at radius 3 is 2.38 bits per heavy atom. The molecule has 0 atom stereocenters. The van der Waals surface area contributed by atoms with Crippen molar-refractivity contribution in [1.82, 2.24) is 14.3 Å².